The number of aliphatic hydroxyl groups excluding tert-OH is 1. The van der Waals surface area contributed by atoms with E-state index in [0.29, 0.717) is 19.4 Å². The van der Waals surface area contributed by atoms with Gasteiger partial charge in [-0.05, 0) is 25.0 Å². The summed E-state index contributed by atoms with van der Waals surface area (Å²) >= 11 is 11.7. The Labute approximate surface area is 122 Å². The lowest BCUT2D eigenvalue weighted by atomic mass is 10.2. The lowest BCUT2D eigenvalue weighted by molar-refractivity contribution is 0.213. The topological polar surface area (TPSA) is 83.6 Å². The van der Waals surface area contributed by atoms with E-state index in [0.717, 1.165) is 0 Å². The van der Waals surface area contributed by atoms with Crippen LogP contribution in [0.4, 0.5) is 5.69 Å². The highest BCUT2D eigenvalue weighted by molar-refractivity contribution is 7.89. The SMILES string of the molecule is Nc1cc(Cl)cc(Cl)c1S(=O)(=O)N1CCC[C@@H]1CO. The fraction of sp³-hybridized carbons (Fsp3) is 0.455. The number of sulfonamides is 1. The predicted octanol–water partition coefficient (Wildman–Crippen LogP) is 1.72. The number of hydrogen-bond donors (Lipinski definition) is 2. The third-order valence-corrected chi connectivity index (χ3v) is 5.84. The third kappa shape index (κ3) is 2.68. The highest BCUT2D eigenvalue weighted by Crippen LogP contribution is 2.35. The van der Waals surface area contributed by atoms with Crippen molar-refractivity contribution in [1.29, 1.82) is 0 Å². The number of nitrogens with two attached hydrogens (primary N) is 1. The van der Waals surface area contributed by atoms with Crippen LogP contribution < -0.4 is 5.73 Å². The van der Waals surface area contributed by atoms with Crippen molar-refractivity contribution in [3.63, 3.8) is 0 Å². The van der Waals surface area contributed by atoms with E-state index >= 15 is 0 Å². The molecule has 1 heterocycles. The number of benzene rings is 1. The van der Waals surface area contributed by atoms with Gasteiger partial charge in [0.2, 0.25) is 10.0 Å². The van der Waals surface area contributed by atoms with Gasteiger partial charge in [-0.2, -0.15) is 4.31 Å². The first-order valence-electron chi connectivity index (χ1n) is 5.75. The van der Waals surface area contributed by atoms with E-state index in [1.807, 2.05) is 0 Å². The van der Waals surface area contributed by atoms with Crippen molar-refractivity contribution in [1.82, 2.24) is 4.31 Å². The number of halogens is 2. The Hall–Kier alpha value is -0.530. The summed E-state index contributed by atoms with van der Waals surface area (Å²) in [4.78, 5) is -0.140. The number of nitrogen functional groups attached to an aromatic ring is 1. The predicted molar refractivity (Wildman–Crippen MR) is 74.9 cm³/mol. The van der Waals surface area contributed by atoms with Crippen LogP contribution in [0.3, 0.4) is 0 Å². The highest BCUT2D eigenvalue weighted by Gasteiger charge is 2.37. The molecule has 1 aromatic carbocycles. The van der Waals surface area contributed by atoms with Crippen molar-refractivity contribution in [3.05, 3.63) is 22.2 Å². The second kappa shape index (κ2) is 5.46. The molecule has 0 aromatic heterocycles. The average Bonchev–Trinajstić information content (AvgIpc) is 2.75. The normalized spacial score (nSPS) is 20.9. The molecule has 1 fully saturated rings. The van der Waals surface area contributed by atoms with Gasteiger partial charge in [0, 0.05) is 17.6 Å². The molecule has 1 aliphatic rings. The van der Waals surface area contributed by atoms with Crippen LogP contribution in [0.25, 0.3) is 0 Å². The molecule has 0 radical (unpaired) electrons. The molecule has 3 N–H and O–H groups in total. The molecule has 5 nitrogen and oxygen atoms in total. The minimum atomic E-state index is -3.82. The molecule has 0 saturated carbocycles. The molecule has 0 amide bonds. The summed E-state index contributed by atoms with van der Waals surface area (Å²) in [5, 5.41) is 9.51. The first-order chi connectivity index (χ1) is 8.87. The summed E-state index contributed by atoms with van der Waals surface area (Å²) in [5.41, 5.74) is 5.74. The van der Waals surface area contributed by atoms with Gasteiger partial charge in [0.1, 0.15) is 4.90 Å². The van der Waals surface area contributed by atoms with Gasteiger partial charge in [-0.1, -0.05) is 23.2 Å². The maximum atomic E-state index is 12.6. The zero-order valence-corrected chi connectivity index (χ0v) is 12.3. The quantitative estimate of drug-likeness (QED) is 0.829. The summed E-state index contributed by atoms with van der Waals surface area (Å²) in [6.07, 6.45) is 1.33. The number of nitrogens with zero attached hydrogens (tertiary/aromatic N) is 1. The molecule has 1 atom stereocenters. The summed E-state index contributed by atoms with van der Waals surface area (Å²) < 4.78 is 26.4. The zero-order chi connectivity index (χ0) is 14.2. The Bertz CT molecular complexity index is 569. The van der Waals surface area contributed by atoms with Crippen LogP contribution in [-0.2, 0) is 10.0 Å². The van der Waals surface area contributed by atoms with Gasteiger partial charge in [0.25, 0.3) is 0 Å². The van der Waals surface area contributed by atoms with Crippen molar-refractivity contribution in [2.75, 3.05) is 18.9 Å². The Morgan fingerprint density at radius 3 is 2.68 bits per heavy atom. The third-order valence-electron chi connectivity index (χ3n) is 3.14. The summed E-state index contributed by atoms with van der Waals surface area (Å²) in [5.74, 6) is 0. The highest BCUT2D eigenvalue weighted by atomic mass is 35.5. The summed E-state index contributed by atoms with van der Waals surface area (Å²) in [7, 11) is -3.82. The van der Waals surface area contributed by atoms with E-state index in [1.165, 1.54) is 16.4 Å². The van der Waals surface area contributed by atoms with Crippen LogP contribution in [0.15, 0.2) is 17.0 Å². The molecule has 1 aliphatic heterocycles. The van der Waals surface area contributed by atoms with Crippen molar-refractivity contribution in [2.45, 2.75) is 23.8 Å². The Kier molecular flexibility index (Phi) is 4.27. The van der Waals surface area contributed by atoms with Crippen molar-refractivity contribution >= 4 is 38.9 Å². The molecule has 19 heavy (non-hydrogen) atoms. The van der Waals surface area contributed by atoms with E-state index in [4.69, 9.17) is 28.9 Å². The van der Waals surface area contributed by atoms with Crippen LogP contribution in [0.2, 0.25) is 10.0 Å². The fourth-order valence-electron chi connectivity index (χ4n) is 2.28. The molecular weight excluding hydrogens is 311 g/mol. The summed E-state index contributed by atoms with van der Waals surface area (Å²) in [6, 6.07) is 2.27. The molecule has 2 rings (SSSR count). The smallest absolute Gasteiger partial charge is 0.246 e. The van der Waals surface area contributed by atoms with Crippen LogP contribution in [-0.4, -0.2) is 37.0 Å². The largest absolute Gasteiger partial charge is 0.398 e. The monoisotopic (exact) mass is 324 g/mol. The van der Waals surface area contributed by atoms with E-state index in [2.05, 4.69) is 0 Å². The molecule has 0 aliphatic carbocycles. The van der Waals surface area contributed by atoms with E-state index < -0.39 is 16.1 Å². The van der Waals surface area contributed by atoms with Crippen LogP contribution in [0, 0.1) is 0 Å². The molecule has 0 bridgehead atoms. The second-order valence-electron chi connectivity index (χ2n) is 4.40. The Balaban J connectivity index is 2.51. The zero-order valence-electron chi connectivity index (χ0n) is 10.0. The molecule has 0 unspecified atom stereocenters. The minimum absolute atomic E-state index is 0.00594. The number of hydrogen-bond acceptors (Lipinski definition) is 4. The van der Waals surface area contributed by atoms with Gasteiger partial charge in [-0.15, -0.1) is 0 Å². The second-order valence-corrected chi connectivity index (χ2v) is 7.07. The standard InChI is InChI=1S/C11H14Cl2N2O3S/c12-7-4-9(13)11(10(14)5-7)19(17,18)15-3-1-2-8(15)6-16/h4-5,8,16H,1-3,6,14H2/t8-/m1/s1. The number of aliphatic hydroxyl groups is 1. The molecule has 0 spiro atoms. The molecule has 1 saturated heterocycles. The van der Waals surface area contributed by atoms with Crippen molar-refractivity contribution in [2.24, 2.45) is 0 Å². The molecule has 1 aromatic rings. The maximum Gasteiger partial charge on any atom is 0.246 e. The van der Waals surface area contributed by atoms with E-state index in [-0.39, 0.29) is 27.2 Å². The van der Waals surface area contributed by atoms with Crippen LogP contribution in [0.1, 0.15) is 12.8 Å². The lowest BCUT2D eigenvalue weighted by Gasteiger charge is -2.23. The van der Waals surface area contributed by atoms with Crippen LogP contribution >= 0.6 is 23.2 Å². The molecular formula is C11H14Cl2N2O3S. The first kappa shape index (κ1) is 14.9. The Morgan fingerprint density at radius 1 is 1.42 bits per heavy atom. The van der Waals surface area contributed by atoms with Crippen molar-refractivity contribution < 1.29 is 13.5 Å². The van der Waals surface area contributed by atoms with Gasteiger partial charge in [-0.25, -0.2) is 8.42 Å². The van der Waals surface area contributed by atoms with Crippen LogP contribution in [0.5, 0.6) is 0 Å². The summed E-state index contributed by atoms with van der Waals surface area (Å²) in [6.45, 7) is 0.135. The van der Waals surface area contributed by atoms with Gasteiger partial charge < -0.3 is 10.8 Å². The van der Waals surface area contributed by atoms with E-state index in [9.17, 15) is 13.5 Å². The van der Waals surface area contributed by atoms with E-state index in [1.54, 1.807) is 0 Å². The minimum Gasteiger partial charge on any atom is -0.398 e. The van der Waals surface area contributed by atoms with Crippen molar-refractivity contribution in [3.8, 4) is 0 Å². The van der Waals surface area contributed by atoms with Gasteiger partial charge in [-0.3, -0.25) is 0 Å². The fourth-order valence-corrected chi connectivity index (χ4v) is 4.91. The van der Waals surface area contributed by atoms with Gasteiger partial charge in [0.15, 0.2) is 0 Å². The molecule has 106 valence electrons. The first-order valence-corrected chi connectivity index (χ1v) is 7.94. The number of anilines is 1. The number of rotatable bonds is 3. The van der Waals surface area contributed by atoms with Gasteiger partial charge in [0.05, 0.1) is 17.3 Å². The Morgan fingerprint density at radius 2 is 2.11 bits per heavy atom. The maximum absolute atomic E-state index is 12.6. The average molecular weight is 325 g/mol. The molecule has 8 heteroatoms. The van der Waals surface area contributed by atoms with Gasteiger partial charge >= 0.3 is 0 Å². The lowest BCUT2D eigenvalue weighted by Crippen LogP contribution is -2.38.